The van der Waals surface area contributed by atoms with E-state index in [1.165, 1.54) is 6.07 Å². The number of aliphatic hydroxyl groups excluding tert-OH is 1. The van der Waals surface area contributed by atoms with E-state index in [-0.39, 0.29) is 37.2 Å². The Bertz CT molecular complexity index is 1640. The molecule has 3 atom stereocenters. The summed E-state index contributed by atoms with van der Waals surface area (Å²) in [7, 11) is 1.36. The van der Waals surface area contributed by atoms with Gasteiger partial charge in [0.15, 0.2) is 0 Å². The summed E-state index contributed by atoms with van der Waals surface area (Å²) in [5.74, 6) is 1.31. The van der Waals surface area contributed by atoms with Crippen LogP contribution >= 0.6 is 8.53 Å². The molecule has 3 unspecified atom stereocenters. The molecule has 0 aliphatic carbocycles. The lowest BCUT2D eigenvalue weighted by molar-refractivity contribution is -0.386. The zero-order chi connectivity index (χ0) is 36.3. The minimum atomic E-state index is -1.84. The van der Waals surface area contributed by atoms with Gasteiger partial charge in [0.1, 0.15) is 11.5 Å². The molecule has 0 aliphatic heterocycles. The van der Waals surface area contributed by atoms with E-state index in [4.69, 9.17) is 18.5 Å². The van der Waals surface area contributed by atoms with Crippen LogP contribution in [0.25, 0.3) is 0 Å². The van der Waals surface area contributed by atoms with E-state index < -0.39 is 31.1 Å². The van der Waals surface area contributed by atoms with Crippen molar-refractivity contribution in [3.05, 3.63) is 135 Å². The first-order valence-corrected chi connectivity index (χ1v) is 17.7. The van der Waals surface area contributed by atoms with Gasteiger partial charge in [-0.05, 0) is 74.7 Å². The molecule has 0 saturated heterocycles. The molecule has 50 heavy (non-hydrogen) atoms. The van der Waals surface area contributed by atoms with Crippen LogP contribution in [-0.2, 0) is 14.5 Å². The van der Waals surface area contributed by atoms with Gasteiger partial charge in [0.05, 0.1) is 61.4 Å². The maximum Gasteiger partial charge on any atom is 0.275 e. The zero-order valence-electron chi connectivity index (χ0n) is 29.4. The van der Waals surface area contributed by atoms with Gasteiger partial charge in [-0.1, -0.05) is 66.7 Å². The van der Waals surface area contributed by atoms with Crippen LogP contribution < -0.4 is 9.47 Å². The first-order chi connectivity index (χ1) is 24.1. The lowest BCUT2D eigenvalue weighted by atomic mass is 9.64. The van der Waals surface area contributed by atoms with Crippen LogP contribution in [0.2, 0.25) is 0 Å². The Morgan fingerprint density at radius 2 is 1.32 bits per heavy atom. The maximum absolute atomic E-state index is 12.9. The van der Waals surface area contributed by atoms with Gasteiger partial charge < -0.3 is 23.6 Å². The van der Waals surface area contributed by atoms with Crippen LogP contribution in [0.3, 0.4) is 0 Å². The van der Waals surface area contributed by atoms with Gasteiger partial charge in [0.25, 0.3) is 14.2 Å². The third kappa shape index (κ3) is 8.67. The molecule has 0 radical (unpaired) electrons. The summed E-state index contributed by atoms with van der Waals surface area (Å²) in [5.41, 5.74) is 1.38. The number of hydrogen-bond donors (Lipinski definition) is 1. The molecule has 0 aromatic heterocycles. The SMILES string of the molecule is COc1ccc(C(c2ccccc2)(c2ccc(OC)cc2)C(O)CC(OP(OCCC#N)N(C(C)C)C(C)C)c2ccccc2[N+](=O)[O-])cc1. The smallest absolute Gasteiger partial charge is 0.275 e. The van der Waals surface area contributed by atoms with Gasteiger partial charge in [0, 0.05) is 24.6 Å². The molecule has 0 aliphatic rings. The highest BCUT2D eigenvalue weighted by atomic mass is 31.2. The molecule has 0 bridgehead atoms. The van der Waals surface area contributed by atoms with Crippen molar-refractivity contribution < 1.29 is 28.6 Å². The number of para-hydroxylation sites is 1. The van der Waals surface area contributed by atoms with Crippen molar-refractivity contribution in [2.75, 3.05) is 20.8 Å². The third-order valence-electron chi connectivity index (χ3n) is 8.62. The van der Waals surface area contributed by atoms with Crippen molar-refractivity contribution in [1.82, 2.24) is 4.67 Å². The number of methoxy groups -OCH3 is 2. The third-order valence-corrected chi connectivity index (χ3v) is 10.8. The minimum absolute atomic E-state index is 0.0125. The largest absolute Gasteiger partial charge is 0.497 e. The van der Waals surface area contributed by atoms with Crippen LogP contribution in [0.1, 0.15) is 68.9 Å². The summed E-state index contributed by atoms with van der Waals surface area (Å²) < 4.78 is 26.2. The summed E-state index contributed by atoms with van der Waals surface area (Å²) in [6, 6.07) is 33.3. The average Bonchev–Trinajstić information content (AvgIpc) is 3.12. The number of nitrogens with zero attached hydrogens (tertiary/aromatic N) is 3. The van der Waals surface area contributed by atoms with E-state index in [1.54, 1.807) is 32.4 Å². The first kappa shape index (κ1) is 38.4. The van der Waals surface area contributed by atoms with Gasteiger partial charge in [-0.3, -0.25) is 10.1 Å². The molecule has 0 amide bonds. The molecule has 0 spiro atoms. The van der Waals surface area contributed by atoms with Crippen LogP contribution in [0.4, 0.5) is 5.69 Å². The Morgan fingerprint density at radius 3 is 1.80 bits per heavy atom. The van der Waals surface area contributed by atoms with E-state index in [9.17, 15) is 20.5 Å². The number of nitro benzene ring substituents is 1. The molecular weight excluding hydrogens is 653 g/mol. The van der Waals surface area contributed by atoms with Gasteiger partial charge in [-0.25, -0.2) is 4.67 Å². The van der Waals surface area contributed by atoms with E-state index in [0.717, 1.165) is 16.7 Å². The Morgan fingerprint density at radius 1 is 0.820 bits per heavy atom. The van der Waals surface area contributed by atoms with Crippen LogP contribution in [0.5, 0.6) is 11.5 Å². The standard InChI is InChI=1S/C39H46N3O7P/c1-28(2)41(29(3)4)50(48-26-12-25-40)49-37(35-15-10-11-16-36(35)42(44)45)27-38(43)39(30-13-8-7-9-14-30,31-17-21-33(46-5)22-18-31)32-19-23-34(47-6)24-20-32/h7-11,13-24,28-29,37-38,43H,12,26-27H2,1-6H3. The van der Waals surface area contributed by atoms with Gasteiger partial charge in [-0.2, -0.15) is 5.26 Å². The van der Waals surface area contributed by atoms with Crippen molar-refractivity contribution >= 4 is 14.2 Å². The number of nitriles is 1. The second kappa shape index (κ2) is 18.0. The molecule has 4 aromatic rings. The fourth-order valence-corrected chi connectivity index (χ4v) is 8.14. The number of hydrogen-bond acceptors (Lipinski definition) is 9. The van der Waals surface area contributed by atoms with Gasteiger partial charge >= 0.3 is 0 Å². The van der Waals surface area contributed by atoms with Crippen molar-refractivity contribution in [2.24, 2.45) is 0 Å². The summed E-state index contributed by atoms with van der Waals surface area (Å²) in [4.78, 5) is 12.0. The monoisotopic (exact) mass is 699 g/mol. The van der Waals surface area contributed by atoms with Crippen LogP contribution in [-0.4, -0.2) is 53.7 Å². The summed E-state index contributed by atoms with van der Waals surface area (Å²) in [5, 5.41) is 34.6. The Labute approximate surface area is 296 Å². The predicted molar refractivity (Wildman–Crippen MR) is 195 cm³/mol. The number of rotatable bonds is 18. The minimum Gasteiger partial charge on any atom is -0.497 e. The summed E-state index contributed by atoms with van der Waals surface area (Å²) in [6.07, 6.45) is -2.09. The molecule has 10 nitrogen and oxygen atoms in total. The van der Waals surface area contributed by atoms with Gasteiger partial charge in [-0.15, -0.1) is 0 Å². The van der Waals surface area contributed by atoms with E-state index in [2.05, 4.69) is 10.7 Å². The van der Waals surface area contributed by atoms with E-state index in [0.29, 0.717) is 17.1 Å². The van der Waals surface area contributed by atoms with Crippen molar-refractivity contribution in [2.45, 2.75) is 70.2 Å². The number of nitro groups is 1. The second-order valence-electron chi connectivity index (χ2n) is 12.3. The predicted octanol–water partition coefficient (Wildman–Crippen LogP) is 8.73. The van der Waals surface area contributed by atoms with Gasteiger partial charge in [0.2, 0.25) is 0 Å². The zero-order valence-corrected chi connectivity index (χ0v) is 30.3. The quantitative estimate of drug-likeness (QED) is 0.0357. The van der Waals surface area contributed by atoms with E-state index in [1.807, 2.05) is 107 Å². The Balaban J connectivity index is 1.97. The molecule has 264 valence electrons. The molecule has 0 fully saturated rings. The highest BCUT2D eigenvalue weighted by Crippen LogP contribution is 2.53. The number of benzene rings is 4. The molecule has 0 saturated carbocycles. The highest BCUT2D eigenvalue weighted by Gasteiger charge is 2.46. The van der Waals surface area contributed by atoms with Crippen molar-refractivity contribution in [3.8, 4) is 17.6 Å². The van der Waals surface area contributed by atoms with Crippen molar-refractivity contribution in [1.29, 1.82) is 5.26 Å². The summed E-state index contributed by atoms with van der Waals surface area (Å²) >= 11 is 0. The normalized spacial score (nSPS) is 13.5. The Kier molecular flexibility index (Phi) is 13.9. The van der Waals surface area contributed by atoms with Crippen LogP contribution in [0.15, 0.2) is 103 Å². The second-order valence-corrected chi connectivity index (χ2v) is 13.7. The molecule has 4 aromatic carbocycles. The first-order valence-electron chi connectivity index (χ1n) is 16.6. The molecule has 1 N–H and O–H groups in total. The number of aliphatic hydroxyl groups is 1. The summed E-state index contributed by atoms with van der Waals surface area (Å²) in [6.45, 7) is 8.21. The highest BCUT2D eigenvalue weighted by molar-refractivity contribution is 7.44. The van der Waals surface area contributed by atoms with E-state index >= 15 is 0 Å². The molecule has 4 rings (SSSR count). The van der Waals surface area contributed by atoms with Crippen molar-refractivity contribution in [3.63, 3.8) is 0 Å². The fraction of sp³-hybridized carbons (Fsp3) is 0.359. The lowest BCUT2D eigenvalue weighted by Crippen LogP contribution is -2.43. The topological polar surface area (TPSA) is 127 Å². The van der Waals surface area contributed by atoms with Crippen LogP contribution in [0, 0.1) is 21.4 Å². The maximum atomic E-state index is 12.9. The molecular formula is C39H46N3O7P. The molecule has 11 heteroatoms. The molecule has 0 heterocycles. The Hall–Kier alpha value is -4.36. The fourth-order valence-electron chi connectivity index (χ4n) is 6.42. The number of ether oxygens (including phenoxy) is 2. The average molecular weight is 700 g/mol. The lowest BCUT2D eigenvalue weighted by Gasteiger charge is -2.42.